The van der Waals surface area contributed by atoms with E-state index in [0.717, 1.165) is 6.29 Å². The highest BCUT2D eigenvalue weighted by Gasteiger charge is 2.29. The van der Waals surface area contributed by atoms with Gasteiger partial charge in [0.1, 0.15) is 6.29 Å². The van der Waals surface area contributed by atoms with Crippen LogP contribution in [0.2, 0.25) is 0 Å². The Morgan fingerprint density at radius 3 is 2.79 bits per heavy atom. The number of carbonyl (C=O) groups is 2. The molecule has 1 aliphatic rings. The van der Waals surface area contributed by atoms with Gasteiger partial charge in [0.05, 0.1) is 12.8 Å². The van der Waals surface area contributed by atoms with E-state index in [1.54, 1.807) is 17.0 Å². The molecule has 1 amide bonds. The highest BCUT2D eigenvalue weighted by Crippen LogP contribution is 2.41. The normalized spacial score (nSPS) is 14.1. The molecule has 102 valence electrons. The van der Waals surface area contributed by atoms with Crippen LogP contribution in [0.1, 0.15) is 24.2 Å². The summed E-state index contributed by atoms with van der Waals surface area (Å²) in [7, 11) is 1.51. The Hall–Kier alpha value is -2.04. The van der Waals surface area contributed by atoms with Crippen molar-refractivity contribution in [3.05, 3.63) is 17.7 Å². The average Bonchev–Trinajstić information content (AvgIpc) is 2.40. The molecule has 0 saturated heterocycles. The van der Waals surface area contributed by atoms with Gasteiger partial charge in [-0.2, -0.15) is 0 Å². The number of anilines is 1. The van der Waals surface area contributed by atoms with Gasteiger partial charge in [-0.15, -0.1) is 0 Å². The van der Waals surface area contributed by atoms with Crippen LogP contribution in [0.15, 0.2) is 12.1 Å². The van der Waals surface area contributed by atoms with Crippen molar-refractivity contribution in [3.63, 3.8) is 0 Å². The summed E-state index contributed by atoms with van der Waals surface area (Å²) in [5.41, 5.74) is 1.06. The molecule has 5 heteroatoms. The molecule has 5 nitrogen and oxygen atoms in total. The highest BCUT2D eigenvalue weighted by molar-refractivity contribution is 5.99. The van der Waals surface area contributed by atoms with Crippen LogP contribution in [0.4, 0.5) is 5.69 Å². The summed E-state index contributed by atoms with van der Waals surface area (Å²) < 4.78 is 10.7. The summed E-state index contributed by atoms with van der Waals surface area (Å²) in [6, 6.07) is 3.26. The maximum absolute atomic E-state index is 12.0. The third-order valence-electron chi connectivity index (χ3n) is 2.89. The molecule has 19 heavy (non-hydrogen) atoms. The third kappa shape index (κ3) is 2.54. The van der Waals surface area contributed by atoms with Crippen molar-refractivity contribution in [1.29, 1.82) is 0 Å². The lowest BCUT2D eigenvalue weighted by atomic mass is 10.1. The fraction of sp³-hybridized carbons (Fsp3) is 0.429. The second-order valence-electron chi connectivity index (χ2n) is 4.88. The van der Waals surface area contributed by atoms with E-state index in [1.807, 2.05) is 13.8 Å². The minimum Gasteiger partial charge on any atom is -0.493 e. The molecule has 0 radical (unpaired) electrons. The first-order valence-corrected chi connectivity index (χ1v) is 6.17. The van der Waals surface area contributed by atoms with E-state index in [4.69, 9.17) is 9.47 Å². The molecule has 0 saturated carbocycles. The number of methoxy groups -OCH3 is 1. The number of nitrogens with zero attached hydrogens (tertiary/aromatic N) is 1. The number of benzene rings is 1. The summed E-state index contributed by atoms with van der Waals surface area (Å²) in [4.78, 5) is 24.6. The lowest BCUT2D eigenvalue weighted by Crippen LogP contribution is -2.41. The van der Waals surface area contributed by atoms with Crippen LogP contribution >= 0.6 is 0 Å². The van der Waals surface area contributed by atoms with Gasteiger partial charge in [-0.1, -0.05) is 13.8 Å². The molecule has 0 aromatic heterocycles. The minimum atomic E-state index is -0.105. The number of rotatable bonds is 4. The summed E-state index contributed by atoms with van der Waals surface area (Å²) in [6.07, 6.45) is 0.732. The van der Waals surface area contributed by atoms with E-state index in [-0.39, 0.29) is 12.5 Å². The Labute approximate surface area is 112 Å². The Morgan fingerprint density at radius 1 is 1.47 bits per heavy atom. The largest absolute Gasteiger partial charge is 0.493 e. The monoisotopic (exact) mass is 263 g/mol. The van der Waals surface area contributed by atoms with Crippen molar-refractivity contribution in [1.82, 2.24) is 0 Å². The van der Waals surface area contributed by atoms with E-state index in [9.17, 15) is 9.59 Å². The van der Waals surface area contributed by atoms with Gasteiger partial charge < -0.3 is 14.4 Å². The first-order valence-electron chi connectivity index (χ1n) is 6.17. The molecule has 1 heterocycles. The van der Waals surface area contributed by atoms with Gasteiger partial charge in [0.25, 0.3) is 5.91 Å². The average molecular weight is 263 g/mol. The van der Waals surface area contributed by atoms with Gasteiger partial charge in [0.15, 0.2) is 18.1 Å². The van der Waals surface area contributed by atoms with Crippen LogP contribution in [-0.2, 0) is 4.79 Å². The molecule has 0 N–H and O–H groups in total. The topological polar surface area (TPSA) is 55.8 Å². The number of carbonyl (C=O) groups excluding carboxylic acids is 2. The van der Waals surface area contributed by atoms with Gasteiger partial charge in [-0.05, 0) is 18.1 Å². The van der Waals surface area contributed by atoms with Crippen molar-refractivity contribution in [2.75, 3.05) is 25.2 Å². The second-order valence-corrected chi connectivity index (χ2v) is 4.88. The van der Waals surface area contributed by atoms with Crippen LogP contribution in [0.3, 0.4) is 0 Å². The van der Waals surface area contributed by atoms with E-state index in [1.165, 1.54) is 7.11 Å². The molecule has 2 rings (SSSR count). The fourth-order valence-electron chi connectivity index (χ4n) is 2.08. The first kappa shape index (κ1) is 13.4. The summed E-state index contributed by atoms with van der Waals surface area (Å²) in [5, 5.41) is 0. The van der Waals surface area contributed by atoms with E-state index < -0.39 is 0 Å². The quantitative estimate of drug-likeness (QED) is 0.778. The van der Waals surface area contributed by atoms with Crippen molar-refractivity contribution in [2.45, 2.75) is 13.8 Å². The molecule has 0 spiro atoms. The lowest BCUT2D eigenvalue weighted by Gasteiger charge is -2.31. The molecule has 0 aliphatic carbocycles. The van der Waals surface area contributed by atoms with Gasteiger partial charge in [0, 0.05) is 12.1 Å². The van der Waals surface area contributed by atoms with E-state index in [0.29, 0.717) is 35.2 Å². The van der Waals surface area contributed by atoms with Gasteiger partial charge in [-0.25, -0.2) is 0 Å². The molecule has 0 bridgehead atoms. The van der Waals surface area contributed by atoms with Crippen molar-refractivity contribution >= 4 is 17.9 Å². The molecule has 1 aromatic carbocycles. The van der Waals surface area contributed by atoms with Crippen LogP contribution < -0.4 is 14.4 Å². The first-order chi connectivity index (χ1) is 9.06. The zero-order valence-corrected chi connectivity index (χ0v) is 11.3. The zero-order chi connectivity index (χ0) is 14.0. The van der Waals surface area contributed by atoms with Crippen molar-refractivity contribution in [3.8, 4) is 11.5 Å². The van der Waals surface area contributed by atoms with Crippen molar-refractivity contribution < 1.29 is 19.1 Å². The summed E-state index contributed by atoms with van der Waals surface area (Å²) >= 11 is 0. The number of aldehydes is 1. The third-order valence-corrected chi connectivity index (χ3v) is 2.89. The van der Waals surface area contributed by atoms with Crippen LogP contribution in [0.25, 0.3) is 0 Å². The maximum atomic E-state index is 12.0. The molecule has 1 aliphatic heterocycles. The molecule has 0 fully saturated rings. The molecular weight excluding hydrogens is 246 g/mol. The van der Waals surface area contributed by atoms with E-state index in [2.05, 4.69) is 0 Å². The smallest absolute Gasteiger partial charge is 0.265 e. The van der Waals surface area contributed by atoms with Gasteiger partial charge in [0.2, 0.25) is 0 Å². The summed E-state index contributed by atoms with van der Waals surface area (Å²) in [5.74, 6) is 1.21. The van der Waals surface area contributed by atoms with Crippen LogP contribution in [0, 0.1) is 5.92 Å². The SMILES string of the molecule is COc1cc(C=O)cc2c1OCC(=O)N2CC(C)C. The van der Waals surface area contributed by atoms with Gasteiger partial charge in [-0.3, -0.25) is 9.59 Å². The van der Waals surface area contributed by atoms with Gasteiger partial charge >= 0.3 is 0 Å². The standard InChI is InChI=1S/C14H17NO4/c1-9(2)6-15-11-4-10(7-16)5-12(18-3)14(11)19-8-13(15)17/h4-5,7,9H,6,8H2,1-3H3. The Bertz CT molecular complexity index is 510. The fourth-order valence-corrected chi connectivity index (χ4v) is 2.08. The Morgan fingerprint density at radius 2 is 2.21 bits per heavy atom. The molecular formula is C14H17NO4. The predicted octanol–water partition coefficient (Wildman–Crippen LogP) is 1.89. The molecule has 1 aromatic rings. The summed E-state index contributed by atoms with van der Waals surface area (Å²) in [6.45, 7) is 4.64. The number of hydrogen-bond acceptors (Lipinski definition) is 4. The maximum Gasteiger partial charge on any atom is 0.265 e. The number of ether oxygens (including phenoxy) is 2. The zero-order valence-electron chi connectivity index (χ0n) is 11.3. The minimum absolute atomic E-state index is 0.00346. The highest BCUT2D eigenvalue weighted by atomic mass is 16.5. The molecule has 0 unspecified atom stereocenters. The van der Waals surface area contributed by atoms with Crippen LogP contribution in [0.5, 0.6) is 11.5 Å². The predicted molar refractivity (Wildman–Crippen MR) is 71.1 cm³/mol. The Balaban J connectivity index is 2.53. The van der Waals surface area contributed by atoms with Crippen molar-refractivity contribution in [2.24, 2.45) is 5.92 Å². The van der Waals surface area contributed by atoms with E-state index >= 15 is 0 Å². The number of fused-ring (bicyclic) bond motifs is 1. The lowest BCUT2D eigenvalue weighted by molar-refractivity contribution is -0.121. The molecule has 0 atom stereocenters. The number of amides is 1. The second kappa shape index (κ2) is 5.30. The van der Waals surface area contributed by atoms with Crippen LogP contribution in [-0.4, -0.2) is 32.5 Å². The number of hydrogen-bond donors (Lipinski definition) is 0. The Kier molecular flexibility index (Phi) is 3.74.